The Bertz CT molecular complexity index is 249. The van der Waals surface area contributed by atoms with Gasteiger partial charge in [0.25, 0.3) is 0 Å². The first kappa shape index (κ1) is 12.0. The number of rotatable bonds is 4. The highest BCUT2D eigenvalue weighted by Gasteiger charge is 2.16. The zero-order valence-electron chi connectivity index (χ0n) is 9.14. The van der Waals surface area contributed by atoms with Crippen molar-refractivity contribution in [1.82, 2.24) is 10.6 Å². The summed E-state index contributed by atoms with van der Waals surface area (Å²) in [6, 6.07) is 0. The highest BCUT2D eigenvalue weighted by atomic mass is 16.5. The molecule has 1 atom stereocenters. The van der Waals surface area contributed by atoms with Gasteiger partial charge in [-0.2, -0.15) is 0 Å². The molecule has 0 bridgehead atoms. The van der Waals surface area contributed by atoms with E-state index < -0.39 is 0 Å². The number of carbonyl (C=O) groups is 1. The Hall–Kier alpha value is -1.05. The molecule has 4 heteroatoms. The van der Waals surface area contributed by atoms with Crippen LogP contribution in [0.25, 0.3) is 0 Å². The van der Waals surface area contributed by atoms with Gasteiger partial charge in [-0.1, -0.05) is 0 Å². The predicted octanol–water partition coefficient (Wildman–Crippen LogP) is -0.105. The van der Waals surface area contributed by atoms with E-state index in [0.29, 0.717) is 26.0 Å². The van der Waals surface area contributed by atoms with E-state index in [-0.39, 0.29) is 12.0 Å². The second kappa shape index (κ2) is 7.27. The van der Waals surface area contributed by atoms with Gasteiger partial charge in [-0.05, 0) is 6.92 Å². The Labute approximate surface area is 90.8 Å². The molecule has 0 aromatic heterocycles. The van der Waals surface area contributed by atoms with Crippen molar-refractivity contribution in [3.63, 3.8) is 0 Å². The van der Waals surface area contributed by atoms with E-state index >= 15 is 0 Å². The number of hydrogen-bond acceptors (Lipinski definition) is 3. The molecule has 1 unspecified atom stereocenters. The molecule has 1 fully saturated rings. The summed E-state index contributed by atoms with van der Waals surface area (Å²) in [7, 11) is 0. The summed E-state index contributed by atoms with van der Waals surface area (Å²) in [5, 5.41) is 6.00. The highest BCUT2D eigenvalue weighted by molar-refractivity contribution is 5.76. The lowest BCUT2D eigenvalue weighted by Crippen LogP contribution is -2.41. The van der Waals surface area contributed by atoms with Gasteiger partial charge < -0.3 is 15.4 Å². The summed E-state index contributed by atoms with van der Waals surface area (Å²) in [6.07, 6.45) is 1.18. The van der Waals surface area contributed by atoms with Gasteiger partial charge >= 0.3 is 0 Å². The molecule has 0 aromatic carbocycles. The van der Waals surface area contributed by atoms with Crippen LogP contribution in [0.1, 0.15) is 19.8 Å². The van der Waals surface area contributed by atoms with Crippen LogP contribution in [0.5, 0.6) is 0 Å². The molecule has 0 aromatic rings. The van der Waals surface area contributed by atoms with Gasteiger partial charge in [-0.3, -0.25) is 4.79 Å². The average molecular weight is 210 g/mol. The summed E-state index contributed by atoms with van der Waals surface area (Å²) in [4.78, 5) is 11.4. The van der Waals surface area contributed by atoms with Crippen LogP contribution in [0, 0.1) is 11.8 Å². The minimum Gasteiger partial charge on any atom is -0.375 e. The van der Waals surface area contributed by atoms with Gasteiger partial charge in [0.1, 0.15) is 0 Å². The van der Waals surface area contributed by atoms with E-state index in [1.807, 2.05) is 0 Å². The second-order valence-corrected chi connectivity index (χ2v) is 3.43. The van der Waals surface area contributed by atoms with Crippen molar-refractivity contribution in [3.05, 3.63) is 0 Å². The van der Waals surface area contributed by atoms with Crippen LogP contribution in [0.3, 0.4) is 0 Å². The Morgan fingerprint density at radius 1 is 1.67 bits per heavy atom. The molecule has 0 radical (unpaired) electrons. The monoisotopic (exact) mass is 210 g/mol. The Balaban J connectivity index is 2.08. The second-order valence-electron chi connectivity index (χ2n) is 3.43. The van der Waals surface area contributed by atoms with E-state index in [4.69, 9.17) is 4.74 Å². The van der Waals surface area contributed by atoms with Crippen molar-refractivity contribution in [2.45, 2.75) is 25.9 Å². The molecule has 2 N–H and O–H groups in total. The molecule has 0 saturated carbocycles. The lowest BCUT2D eigenvalue weighted by atomic mass is 10.2. The molecule has 0 aliphatic carbocycles. The standard InChI is InChI=1S/C11H18N2O2/c1-2-3-4-5-13-11(14)8-10-9-12-6-7-15-10/h10,12H,4-9H2,1H3,(H,13,14). The van der Waals surface area contributed by atoms with Gasteiger partial charge in [0.2, 0.25) is 5.91 Å². The molecule has 1 heterocycles. The van der Waals surface area contributed by atoms with Crippen molar-refractivity contribution in [2.75, 3.05) is 26.2 Å². The van der Waals surface area contributed by atoms with Gasteiger partial charge in [0, 0.05) is 26.1 Å². The normalized spacial score (nSPS) is 20.2. The van der Waals surface area contributed by atoms with Crippen LogP contribution in [0.2, 0.25) is 0 Å². The minimum atomic E-state index is 0.0241. The number of carbonyl (C=O) groups excluding carboxylic acids is 1. The Morgan fingerprint density at radius 3 is 3.20 bits per heavy atom. The smallest absolute Gasteiger partial charge is 0.222 e. The van der Waals surface area contributed by atoms with Gasteiger partial charge in [0.15, 0.2) is 0 Å². The molecular formula is C11H18N2O2. The van der Waals surface area contributed by atoms with E-state index in [0.717, 1.165) is 13.1 Å². The summed E-state index contributed by atoms with van der Waals surface area (Å²) in [6.45, 7) is 4.76. The van der Waals surface area contributed by atoms with Crippen LogP contribution in [-0.4, -0.2) is 38.3 Å². The largest absolute Gasteiger partial charge is 0.375 e. The zero-order chi connectivity index (χ0) is 10.9. The van der Waals surface area contributed by atoms with Crippen molar-refractivity contribution in [3.8, 4) is 11.8 Å². The van der Waals surface area contributed by atoms with E-state index in [1.165, 1.54) is 0 Å². The third-order valence-corrected chi connectivity index (χ3v) is 2.17. The third kappa shape index (κ3) is 5.40. The molecule has 1 aliphatic rings. The Kier molecular flexibility index (Phi) is 5.83. The molecule has 84 valence electrons. The van der Waals surface area contributed by atoms with Crippen LogP contribution in [-0.2, 0) is 9.53 Å². The predicted molar refractivity (Wildman–Crippen MR) is 58.3 cm³/mol. The highest BCUT2D eigenvalue weighted by Crippen LogP contribution is 2.00. The maximum atomic E-state index is 11.4. The molecule has 0 spiro atoms. The fraction of sp³-hybridized carbons (Fsp3) is 0.727. The van der Waals surface area contributed by atoms with Crippen molar-refractivity contribution in [1.29, 1.82) is 0 Å². The summed E-state index contributed by atoms with van der Waals surface area (Å²) in [5.74, 6) is 5.73. The number of amides is 1. The summed E-state index contributed by atoms with van der Waals surface area (Å²) in [5.41, 5.74) is 0. The van der Waals surface area contributed by atoms with Gasteiger partial charge in [-0.25, -0.2) is 0 Å². The van der Waals surface area contributed by atoms with Crippen LogP contribution in [0.15, 0.2) is 0 Å². The maximum Gasteiger partial charge on any atom is 0.222 e. The van der Waals surface area contributed by atoms with Gasteiger partial charge in [-0.15, -0.1) is 11.8 Å². The fourth-order valence-electron chi connectivity index (χ4n) is 1.42. The quantitative estimate of drug-likeness (QED) is 0.503. The fourth-order valence-corrected chi connectivity index (χ4v) is 1.42. The first-order valence-corrected chi connectivity index (χ1v) is 5.31. The van der Waals surface area contributed by atoms with Gasteiger partial charge in [0.05, 0.1) is 19.1 Å². The third-order valence-electron chi connectivity index (χ3n) is 2.17. The van der Waals surface area contributed by atoms with Crippen LogP contribution >= 0.6 is 0 Å². The van der Waals surface area contributed by atoms with Crippen molar-refractivity contribution >= 4 is 5.91 Å². The SMILES string of the molecule is CC#CCCNC(=O)CC1CNCCO1. The number of nitrogens with one attached hydrogen (secondary N) is 2. The van der Waals surface area contributed by atoms with Crippen molar-refractivity contribution < 1.29 is 9.53 Å². The van der Waals surface area contributed by atoms with Crippen LogP contribution < -0.4 is 10.6 Å². The first-order chi connectivity index (χ1) is 7.33. The molecule has 1 aliphatic heterocycles. The zero-order valence-corrected chi connectivity index (χ0v) is 9.14. The van der Waals surface area contributed by atoms with Crippen LogP contribution in [0.4, 0.5) is 0 Å². The average Bonchev–Trinajstić information content (AvgIpc) is 2.26. The molecular weight excluding hydrogens is 192 g/mol. The molecule has 1 amide bonds. The summed E-state index contributed by atoms with van der Waals surface area (Å²) < 4.78 is 5.42. The number of hydrogen-bond donors (Lipinski definition) is 2. The lowest BCUT2D eigenvalue weighted by molar-refractivity contribution is -0.124. The van der Waals surface area contributed by atoms with Crippen molar-refractivity contribution in [2.24, 2.45) is 0 Å². The molecule has 15 heavy (non-hydrogen) atoms. The number of morpholine rings is 1. The molecule has 1 rings (SSSR count). The number of ether oxygens (including phenoxy) is 1. The first-order valence-electron chi connectivity index (χ1n) is 5.31. The minimum absolute atomic E-state index is 0.0241. The summed E-state index contributed by atoms with van der Waals surface area (Å²) >= 11 is 0. The van der Waals surface area contributed by atoms with E-state index in [2.05, 4.69) is 22.5 Å². The topological polar surface area (TPSA) is 50.4 Å². The Morgan fingerprint density at radius 2 is 2.53 bits per heavy atom. The van der Waals surface area contributed by atoms with E-state index in [1.54, 1.807) is 6.92 Å². The molecule has 4 nitrogen and oxygen atoms in total. The maximum absolute atomic E-state index is 11.4. The molecule has 1 saturated heterocycles. The van der Waals surface area contributed by atoms with E-state index in [9.17, 15) is 4.79 Å². The lowest BCUT2D eigenvalue weighted by Gasteiger charge is -2.22.